The van der Waals surface area contributed by atoms with Gasteiger partial charge in [-0.15, -0.1) is 0 Å². The Morgan fingerprint density at radius 3 is 2.34 bits per heavy atom. The predicted octanol–water partition coefficient (Wildman–Crippen LogP) is 2.94. The number of hydrogen-bond donors (Lipinski definition) is 5. The number of carbonyl (C=O) groups excluding carboxylic acids is 3. The molecule has 0 spiro atoms. The minimum Gasteiger partial charge on any atom is -0.481 e. The first-order valence-electron chi connectivity index (χ1n) is 12.1. The van der Waals surface area contributed by atoms with E-state index in [0.717, 1.165) is 44.3 Å². The van der Waals surface area contributed by atoms with Gasteiger partial charge in [0.1, 0.15) is 0 Å². The summed E-state index contributed by atoms with van der Waals surface area (Å²) >= 11 is 1.90. The molecule has 2 aliphatic rings. The Balaban J connectivity index is 0.000000471. The summed E-state index contributed by atoms with van der Waals surface area (Å²) in [5, 5.41) is 19.5. The highest BCUT2D eigenvalue weighted by Crippen LogP contribution is 2.33. The van der Waals surface area contributed by atoms with Crippen LogP contribution in [0.2, 0.25) is 0 Å². The fourth-order valence-electron chi connectivity index (χ4n) is 3.65. The molecule has 0 aliphatic carbocycles. The van der Waals surface area contributed by atoms with Crippen LogP contribution in [0.5, 0.6) is 0 Å². The Kier molecular flexibility index (Phi) is 14.5. The van der Waals surface area contributed by atoms with Gasteiger partial charge in [-0.05, 0) is 32.1 Å². The lowest BCUT2D eigenvalue weighted by molar-refractivity contribution is -0.173. The first kappa shape index (κ1) is 30.9. The van der Waals surface area contributed by atoms with E-state index >= 15 is 0 Å². The van der Waals surface area contributed by atoms with Crippen LogP contribution in [-0.4, -0.2) is 71.3 Å². The van der Waals surface area contributed by atoms with Crippen LogP contribution in [0.25, 0.3) is 0 Å². The van der Waals surface area contributed by atoms with Crippen LogP contribution in [0.4, 0.5) is 18.0 Å². The maximum Gasteiger partial charge on any atom is 0.471 e. The average Bonchev–Trinajstić information content (AvgIpc) is 3.32. The summed E-state index contributed by atoms with van der Waals surface area (Å²) in [5.74, 6) is -1.58. The number of halogens is 3. The van der Waals surface area contributed by atoms with Crippen LogP contribution in [-0.2, 0) is 14.4 Å². The van der Waals surface area contributed by atoms with Crippen molar-refractivity contribution in [1.82, 2.24) is 21.3 Å². The van der Waals surface area contributed by atoms with E-state index in [0.29, 0.717) is 31.1 Å². The van der Waals surface area contributed by atoms with Gasteiger partial charge >= 0.3 is 24.1 Å². The van der Waals surface area contributed by atoms with E-state index in [9.17, 15) is 32.3 Å². The van der Waals surface area contributed by atoms with Gasteiger partial charge in [-0.2, -0.15) is 24.9 Å². The minimum atomic E-state index is -4.74. The smallest absolute Gasteiger partial charge is 0.471 e. The first-order chi connectivity index (χ1) is 16.5. The largest absolute Gasteiger partial charge is 0.481 e. The molecule has 13 heteroatoms. The fraction of sp³-hybridized carbons (Fsp3) is 0.818. The second-order valence-electron chi connectivity index (χ2n) is 8.53. The second kappa shape index (κ2) is 16.5. The van der Waals surface area contributed by atoms with Crippen molar-refractivity contribution in [3.05, 3.63) is 0 Å². The van der Waals surface area contributed by atoms with E-state index in [1.807, 2.05) is 18.7 Å². The van der Waals surface area contributed by atoms with Crippen LogP contribution in [0, 0.1) is 0 Å². The van der Waals surface area contributed by atoms with E-state index in [1.54, 1.807) is 5.32 Å². The summed E-state index contributed by atoms with van der Waals surface area (Å²) in [5.41, 5.74) is 0. The molecule has 2 aliphatic heterocycles. The van der Waals surface area contributed by atoms with Gasteiger partial charge in [-0.25, -0.2) is 4.79 Å². The second-order valence-corrected chi connectivity index (χ2v) is 9.80. The number of unbranched alkanes of at least 4 members (excludes halogenated alkanes) is 4. The fourth-order valence-corrected chi connectivity index (χ4v) is 5.19. The van der Waals surface area contributed by atoms with Crippen molar-refractivity contribution < 1.29 is 37.5 Å². The van der Waals surface area contributed by atoms with Crippen molar-refractivity contribution in [2.75, 3.05) is 18.8 Å². The highest BCUT2D eigenvalue weighted by atomic mass is 32.2. The number of urea groups is 1. The molecule has 0 aromatic rings. The lowest BCUT2D eigenvalue weighted by Gasteiger charge is -2.16. The normalized spacial score (nSPS) is 20.7. The Morgan fingerprint density at radius 2 is 1.69 bits per heavy atom. The molecule has 0 saturated carbocycles. The van der Waals surface area contributed by atoms with Crippen molar-refractivity contribution in [2.45, 2.75) is 94.6 Å². The van der Waals surface area contributed by atoms with Crippen LogP contribution in [0.15, 0.2) is 0 Å². The van der Waals surface area contributed by atoms with Crippen molar-refractivity contribution in [3.8, 4) is 0 Å². The first-order valence-corrected chi connectivity index (χ1v) is 13.1. The van der Waals surface area contributed by atoms with Crippen LogP contribution in [0.3, 0.4) is 0 Å². The van der Waals surface area contributed by atoms with Gasteiger partial charge in [0.15, 0.2) is 0 Å². The van der Waals surface area contributed by atoms with Crippen molar-refractivity contribution in [1.29, 1.82) is 0 Å². The highest BCUT2D eigenvalue weighted by Gasteiger charge is 2.42. The molecule has 2 fully saturated rings. The third kappa shape index (κ3) is 13.5. The lowest BCUT2D eigenvalue weighted by Crippen LogP contribution is -2.37. The minimum absolute atomic E-state index is 0.0574. The standard InChI is InChI=1S/C16H27N3O4S.C6H10F3NO/c20-13(17-9-5-1-2-8-14(21)22)7-4-3-6-12-15-11(10-24-12)18-16(23)19-15;1-2-3-4-10-5(11)6(7,8)9/h11-12,15H,1-10H2,(H,17,20)(H,21,22)(H2,18,19,23);2-4H2,1H3,(H,10,11). The molecule has 3 atom stereocenters. The number of carbonyl (C=O) groups is 4. The number of alkyl halides is 3. The molecule has 0 aromatic carbocycles. The van der Waals surface area contributed by atoms with Crippen LogP contribution >= 0.6 is 11.8 Å². The molecule has 0 aromatic heterocycles. The van der Waals surface area contributed by atoms with E-state index < -0.39 is 18.1 Å². The summed E-state index contributed by atoms with van der Waals surface area (Å²) in [6.07, 6.45) is 2.52. The molecule has 0 bridgehead atoms. The number of carboxylic acids is 1. The number of fused-ring (bicyclic) bond motifs is 1. The highest BCUT2D eigenvalue weighted by molar-refractivity contribution is 8.00. The molecule has 202 valence electrons. The zero-order chi connectivity index (χ0) is 26.3. The van der Waals surface area contributed by atoms with Gasteiger partial charge < -0.3 is 26.4 Å². The third-order valence-electron chi connectivity index (χ3n) is 5.54. The number of nitrogens with one attached hydrogen (secondary N) is 4. The van der Waals surface area contributed by atoms with E-state index in [2.05, 4.69) is 16.0 Å². The average molecular weight is 527 g/mol. The monoisotopic (exact) mass is 526 g/mol. The molecule has 9 nitrogen and oxygen atoms in total. The number of aliphatic carboxylic acids is 1. The van der Waals surface area contributed by atoms with Crippen molar-refractivity contribution >= 4 is 35.6 Å². The van der Waals surface area contributed by atoms with Gasteiger partial charge in [0, 0.05) is 36.9 Å². The zero-order valence-electron chi connectivity index (χ0n) is 20.0. The van der Waals surface area contributed by atoms with Crippen molar-refractivity contribution in [2.24, 2.45) is 0 Å². The third-order valence-corrected chi connectivity index (χ3v) is 7.05. The topological polar surface area (TPSA) is 137 Å². The Bertz CT molecular complexity index is 696. The molecule has 2 saturated heterocycles. The molecular weight excluding hydrogens is 489 g/mol. The summed E-state index contributed by atoms with van der Waals surface area (Å²) < 4.78 is 34.4. The molecule has 4 amide bonds. The molecule has 0 radical (unpaired) electrons. The van der Waals surface area contributed by atoms with Gasteiger partial charge in [0.2, 0.25) is 5.91 Å². The SMILES string of the molecule is CCCCNC(=O)C(F)(F)F.O=C(O)CCCCCNC(=O)CCCCC1SCC2NC(=O)NC21. The number of carboxylic acid groups (broad SMARTS) is 1. The quantitative estimate of drug-likeness (QED) is 0.174. The summed E-state index contributed by atoms with van der Waals surface area (Å²) in [6, 6.07) is 0.442. The molecule has 3 unspecified atom stereocenters. The molecular formula is C22H37F3N4O5S. The maximum absolute atomic E-state index is 11.7. The molecule has 5 N–H and O–H groups in total. The maximum atomic E-state index is 11.7. The van der Waals surface area contributed by atoms with E-state index in [1.165, 1.54) is 0 Å². The zero-order valence-corrected chi connectivity index (χ0v) is 20.9. The summed E-state index contributed by atoms with van der Waals surface area (Å²) in [7, 11) is 0. The van der Waals surface area contributed by atoms with Gasteiger partial charge in [0.05, 0.1) is 12.1 Å². The number of rotatable bonds is 14. The Hall–Kier alpha value is -2.18. The Labute approximate surface area is 208 Å². The summed E-state index contributed by atoms with van der Waals surface area (Å²) in [6.45, 7) is 2.55. The number of hydrogen-bond acceptors (Lipinski definition) is 5. The van der Waals surface area contributed by atoms with Crippen LogP contribution < -0.4 is 21.3 Å². The van der Waals surface area contributed by atoms with E-state index in [4.69, 9.17) is 5.11 Å². The number of amides is 4. The van der Waals surface area contributed by atoms with Gasteiger partial charge in [-0.3, -0.25) is 14.4 Å². The van der Waals surface area contributed by atoms with E-state index in [-0.39, 0.29) is 37.0 Å². The predicted molar refractivity (Wildman–Crippen MR) is 127 cm³/mol. The van der Waals surface area contributed by atoms with Crippen LogP contribution in [0.1, 0.15) is 71.1 Å². The van der Waals surface area contributed by atoms with Crippen molar-refractivity contribution in [3.63, 3.8) is 0 Å². The molecule has 35 heavy (non-hydrogen) atoms. The van der Waals surface area contributed by atoms with Gasteiger partial charge in [0.25, 0.3) is 0 Å². The lowest BCUT2D eigenvalue weighted by atomic mass is 10.0. The van der Waals surface area contributed by atoms with Gasteiger partial charge in [-0.1, -0.05) is 26.2 Å². The summed E-state index contributed by atoms with van der Waals surface area (Å²) in [4.78, 5) is 43.5. The number of thioether (sulfide) groups is 1. The molecule has 2 rings (SSSR count). The molecule has 2 heterocycles. The Morgan fingerprint density at radius 1 is 1.00 bits per heavy atom.